The van der Waals surface area contributed by atoms with E-state index in [1.54, 1.807) is 0 Å². The normalized spacial score (nSPS) is 12.3. The van der Waals surface area contributed by atoms with Crippen molar-refractivity contribution in [3.8, 4) is 45.3 Å². The average molecular weight is 920 g/mol. The third-order valence-electron chi connectivity index (χ3n) is 10.5. The molecule has 0 spiro atoms. The molecule has 56 heavy (non-hydrogen) atoms. The van der Waals surface area contributed by atoms with E-state index in [1.807, 2.05) is 36.5 Å². The van der Waals surface area contributed by atoms with Crippen molar-refractivity contribution in [2.24, 2.45) is 0 Å². The van der Waals surface area contributed by atoms with Gasteiger partial charge in [0, 0.05) is 23.3 Å². The van der Waals surface area contributed by atoms with Crippen LogP contribution in [0.1, 0.15) is 103 Å². The van der Waals surface area contributed by atoms with Crippen molar-refractivity contribution in [1.29, 1.82) is 0 Å². The fourth-order valence-corrected chi connectivity index (χ4v) is 7.43. The summed E-state index contributed by atoms with van der Waals surface area (Å²) in [6.07, 6.45) is 1.88. The molecule has 0 N–H and O–H groups in total. The van der Waals surface area contributed by atoms with E-state index in [2.05, 4.69) is 142 Å². The fourth-order valence-electron chi connectivity index (χ4n) is 7.43. The molecule has 3 aromatic heterocycles. The largest absolute Gasteiger partial charge is 2.00 e. The summed E-state index contributed by atoms with van der Waals surface area (Å²) in [4.78, 5) is 9.88. The van der Waals surface area contributed by atoms with Crippen LogP contribution in [0.25, 0.3) is 66.9 Å². The summed E-state index contributed by atoms with van der Waals surface area (Å²) in [5.74, 6) is 2.15. The number of oxazole rings is 1. The van der Waals surface area contributed by atoms with Gasteiger partial charge in [-0.3, -0.25) is 4.98 Å². The molecule has 0 saturated carbocycles. The Balaban J connectivity index is 0.00000480. The number of benzene rings is 5. The Morgan fingerprint density at radius 2 is 1.34 bits per heavy atom. The Kier molecular flexibility index (Phi) is 10.4. The molecular formula is C50H48N2O3Pt. The van der Waals surface area contributed by atoms with Gasteiger partial charge in [0.2, 0.25) is 0 Å². The number of ether oxygens (including phenoxy) is 1. The number of hydrogen-bond donors (Lipinski definition) is 0. The topological polar surface area (TPSA) is 61.3 Å². The van der Waals surface area contributed by atoms with E-state index in [1.165, 1.54) is 22.3 Å². The van der Waals surface area contributed by atoms with Crippen LogP contribution in [0.5, 0.6) is 11.5 Å². The molecule has 3 heterocycles. The van der Waals surface area contributed by atoms with Crippen LogP contribution in [0.2, 0.25) is 0 Å². The molecule has 8 rings (SSSR count). The minimum Gasteiger partial charge on any atom is -0.496 e. The van der Waals surface area contributed by atoms with E-state index in [0.717, 1.165) is 49.8 Å². The second kappa shape index (κ2) is 14.8. The molecule has 0 aliphatic heterocycles. The molecule has 5 aromatic carbocycles. The first-order valence-corrected chi connectivity index (χ1v) is 19.3. The van der Waals surface area contributed by atoms with Crippen molar-refractivity contribution < 1.29 is 34.6 Å². The van der Waals surface area contributed by atoms with Crippen molar-refractivity contribution in [2.75, 3.05) is 0 Å². The zero-order valence-corrected chi connectivity index (χ0v) is 36.1. The van der Waals surface area contributed by atoms with Crippen LogP contribution in [-0.4, -0.2) is 9.97 Å². The van der Waals surface area contributed by atoms with E-state index in [9.17, 15) is 0 Å². The van der Waals surface area contributed by atoms with Gasteiger partial charge < -0.3 is 18.6 Å². The van der Waals surface area contributed by atoms with Crippen molar-refractivity contribution in [1.82, 2.24) is 9.97 Å². The number of nitrogens with zero attached hydrogens (tertiary/aromatic N) is 2. The van der Waals surface area contributed by atoms with Crippen molar-refractivity contribution in [3.63, 3.8) is 0 Å². The molecule has 0 amide bonds. The molecule has 0 aliphatic rings. The average Bonchev–Trinajstić information content (AvgIpc) is 3.75. The van der Waals surface area contributed by atoms with Crippen molar-refractivity contribution >= 4 is 33.0 Å². The number of para-hydroxylation sites is 2. The van der Waals surface area contributed by atoms with Crippen molar-refractivity contribution in [3.05, 3.63) is 132 Å². The molecule has 0 bridgehead atoms. The Morgan fingerprint density at radius 3 is 2.04 bits per heavy atom. The molecular weight excluding hydrogens is 872 g/mol. The van der Waals surface area contributed by atoms with Crippen LogP contribution < -0.4 is 4.74 Å². The van der Waals surface area contributed by atoms with Crippen molar-refractivity contribution in [2.45, 2.75) is 91.9 Å². The summed E-state index contributed by atoms with van der Waals surface area (Å²) in [6.45, 7) is 22.2. The minimum atomic E-state index is -0.152. The molecule has 0 saturated heterocycles. The Bertz CT molecular complexity index is 2690. The molecule has 0 fully saturated rings. The number of furan rings is 1. The number of hydrogen-bond acceptors (Lipinski definition) is 5. The van der Waals surface area contributed by atoms with Gasteiger partial charge in [-0.2, -0.15) is 0 Å². The van der Waals surface area contributed by atoms with Crippen LogP contribution in [0.15, 0.2) is 106 Å². The van der Waals surface area contributed by atoms with Gasteiger partial charge in [-0.1, -0.05) is 159 Å². The summed E-state index contributed by atoms with van der Waals surface area (Å²) in [6, 6.07) is 38.4. The zero-order valence-electron chi connectivity index (χ0n) is 33.8. The van der Waals surface area contributed by atoms with Gasteiger partial charge in [0.15, 0.2) is 0 Å². The van der Waals surface area contributed by atoms with Gasteiger partial charge >= 0.3 is 21.1 Å². The van der Waals surface area contributed by atoms with E-state index in [4.69, 9.17) is 23.5 Å². The maximum Gasteiger partial charge on any atom is 2.00 e. The molecule has 0 unspecified atom stereocenters. The summed E-state index contributed by atoms with van der Waals surface area (Å²) in [5, 5.41) is 1.83. The maximum atomic E-state index is 6.86. The smallest absolute Gasteiger partial charge is 0.496 e. The standard InChI is InChI=1S/C50H48N2O3.Pt/c1-29(2)36-16-13-17-37(30(3)4)45(36)39-18-14-19-41-47(39)55-48(52-41)40-27-35(28-44-46(40)38-15-11-12-20-43(38)54-44)53-34-24-31(23-33(25-34)50(8,9)10)42-26-32(21-22-51-42)49(5,6)7;/h11-23,25-26,28-30H,1-10H3;/q-2;+2. The first kappa shape index (κ1) is 39.3. The summed E-state index contributed by atoms with van der Waals surface area (Å²) >= 11 is 0. The molecule has 5 nitrogen and oxygen atoms in total. The predicted molar refractivity (Wildman–Crippen MR) is 225 cm³/mol. The van der Waals surface area contributed by atoms with E-state index in [-0.39, 0.29) is 31.9 Å². The first-order valence-electron chi connectivity index (χ1n) is 19.3. The third-order valence-corrected chi connectivity index (χ3v) is 10.5. The Hall–Kier alpha value is -4.99. The summed E-state index contributed by atoms with van der Waals surface area (Å²) in [5.41, 5.74) is 12.3. The SMILES string of the molecule is CC(C)c1cccc(C(C)C)c1-c1cccc2nc(-c3[c-]c(Oc4[c-]c(-c5cc(C(C)(C)C)ccn5)cc(C(C)(C)C)c4)cc4oc5ccccc5c34)oc12.[Pt+2]. The van der Waals surface area contributed by atoms with Crippen LogP contribution >= 0.6 is 0 Å². The molecule has 0 radical (unpaired) electrons. The van der Waals surface area contributed by atoms with E-state index >= 15 is 0 Å². The molecule has 8 aromatic rings. The first-order chi connectivity index (χ1) is 26.2. The number of aromatic nitrogens is 2. The van der Waals surface area contributed by atoms with Gasteiger partial charge in [0.25, 0.3) is 0 Å². The number of fused-ring (bicyclic) bond motifs is 4. The second-order valence-electron chi connectivity index (χ2n) is 17.3. The summed E-state index contributed by atoms with van der Waals surface area (Å²) < 4.78 is 20.1. The quantitative estimate of drug-likeness (QED) is 0.149. The summed E-state index contributed by atoms with van der Waals surface area (Å²) in [7, 11) is 0. The third kappa shape index (κ3) is 7.35. The van der Waals surface area contributed by atoms with Crippen LogP contribution in [-0.2, 0) is 31.9 Å². The van der Waals surface area contributed by atoms with Gasteiger partial charge in [-0.05, 0) is 74.2 Å². The molecule has 0 atom stereocenters. The maximum absolute atomic E-state index is 6.86. The molecule has 6 heteroatoms. The molecule has 0 aliphatic carbocycles. The minimum absolute atomic E-state index is 0. The van der Waals surface area contributed by atoms with E-state index in [0.29, 0.717) is 40.4 Å². The Labute approximate surface area is 344 Å². The monoisotopic (exact) mass is 919 g/mol. The van der Waals surface area contributed by atoms with Gasteiger partial charge in [-0.15, -0.1) is 17.2 Å². The molecule has 286 valence electrons. The van der Waals surface area contributed by atoms with Gasteiger partial charge in [0.1, 0.15) is 17.1 Å². The van der Waals surface area contributed by atoms with Gasteiger partial charge in [0.05, 0.1) is 11.1 Å². The number of rotatable bonds is 7. The predicted octanol–water partition coefficient (Wildman–Crippen LogP) is 14.4. The Morgan fingerprint density at radius 1 is 0.661 bits per heavy atom. The fraction of sp³-hybridized carbons (Fsp3) is 0.280. The van der Waals surface area contributed by atoms with Gasteiger partial charge in [-0.25, -0.2) is 0 Å². The van der Waals surface area contributed by atoms with Crippen LogP contribution in [0.3, 0.4) is 0 Å². The second-order valence-corrected chi connectivity index (χ2v) is 17.3. The van der Waals surface area contributed by atoms with E-state index < -0.39 is 0 Å². The van der Waals surface area contributed by atoms with Crippen LogP contribution in [0, 0.1) is 12.1 Å². The number of pyridine rings is 1. The zero-order chi connectivity index (χ0) is 38.8. The van der Waals surface area contributed by atoms with Crippen LogP contribution in [0.4, 0.5) is 0 Å².